The molecule has 0 aromatic heterocycles. The molecule has 1 unspecified atom stereocenters. The lowest BCUT2D eigenvalue weighted by molar-refractivity contribution is -0.146. The van der Waals surface area contributed by atoms with Gasteiger partial charge in [-0.05, 0) is 35.8 Å². The van der Waals surface area contributed by atoms with E-state index in [0.717, 1.165) is 23.0 Å². The van der Waals surface area contributed by atoms with Crippen molar-refractivity contribution in [3.05, 3.63) is 29.3 Å². The maximum Gasteiger partial charge on any atom is 0.332 e. The SMILES string of the molecule is CC(=O)N1C(=O)CCCC1S(=O)(=O)NC(=O)Nc1c(C(C)C)cccc1C(C)C. The van der Waals surface area contributed by atoms with Crippen molar-refractivity contribution in [1.82, 2.24) is 9.62 Å². The van der Waals surface area contributed by atoms with Gasteiger partial charge < -0.3 is 5.32 Å². The van der Waals surface area contributed by atoms with E-state index in [0.29, 0.717) is 12.1 Å². The van der Waals surface area contributed by atoms with Crippen LogP contribution in [0.15, 0.2) is 18.2 Å². The molecule has 160 valence electrons. The van der Waals surface area contributed by atoms with Gasteiger partial charge in [0.25, 0.3) is 10.0 Å². The molecule has 8 nitrogen and oxygen atoms in total. The van der Waals surface area contributed by atoms with Crippen LogP contribution in [0.4, 0.5) is 10.5 Å². The average molecular weight is 424 g/mol. The van der Waals surface area contributed by atoms with E-state index in [4.69, 9.17) is 0 Å². The van der Waals surface area contributed by atoms with Crippen LogP contribution in [-0.2, 0) is 19.6 Å². The molecule has 0 spiro atoms. The molecule has 0 bridgehead atoms. The molecule has 1 aliphatic heterocycles. The second-order valence-electron chi connectivity index (χ2n) is 7.85. The van der Waals surface area contributed by atoms with Crippen molar-refractivity contribution >= 4 is 33.6 Å². The number of carbonyl (C=O) groups excluding carboxylic acids is 3. The maximum atomic E-state index is 12.8. The summed E-state index contributed by atoms with van der Waals surface area (Å²) in [5.41, 5.74) is 2.36. The normalized spacial score (nSPS) is 17.6. The number of rotatable bonds is 5. The minimum absolute atomic E-state index is 0.0910. The van der Waals surface area contributed by atoms with E-state index in [9.17, 15) is 22.8 Å². The Morgan fingerprint density at radius 3 is 2.14 bits per heavy atom. The lowest BCUT2D eigenvalue weighted by Gasteiger charge is -2.32. The Morgan fingerprint density at radius 1 is 1.10 bits per heavy atom. The summed E-state index contributed by atoms with van der Waals surface area (Å²) in [6, 6.07) is 4.76. The van der Waals surface area contributed by atoms with Crippen LogP contribution in [0.25, 0.3) is 0 Å². The van der Waals surface area contributed by atoms with Gasteiger partial charge >= 0.3 is 6.03 Å². The van der Waals surface area contributed by atoms with Crippen LogP contribution in [0.1, 0.15) is 76.8 Å². The number of benzene rings is 1. The summed E-state index contributed by atoms with van der Waals surface area (Å²) >= 11 is 0. The maximum absolute atomic E-state index is 12.8. The predicted octanol–water partition coefficient (Wildman–Crippen LogP) is 3.27. The van der Waals surface area contributed by atoms with Crippen molar-refractivity contribution < 1.29 is 22.8 Å². The highest BCUT2D eigenvalue weighted by molar-refractivity contribution is 7.90. The third-order valence-electron chi connectivity index (χ3n) is 4.94. The number of piperidine rings is 1. The molecular weight excluding hydrogens is 394 g/mol. The fourth-order valence-corrected chi connectivity index (χ4v) is 5.01. The number of hydrogen-bond donors (Lipinski definition) is 2. The minimum atomic E-state index is -4.27. The first-order chi connectivity index (χ1) is 13.5. The number of likely N-dealkylation sites (tertiary alicyclic amines) is 1. The van der Waals surface area contributed by atoms with Crippen molar-refractivity contribution in [3.8, 4) is 0 Å². The van der Waals surface area contributed by atoms with E-state index in [1.807, 2.05) is 50.6 Å². The molecule has 0 aliphatic carbocycles. The number of hydrogen-bond acceptors (Lipinski definition) is 5. The minimum Gasteiger partial charge on any atom is -0.307 e. The summed E-state index contributed by atoms with van der Waals surface area (Å²) < 4.78 is 27.5. The molecule has 2 N–H and O–H groups in total. The molecule has 0 saturated carbocycles. The molecule has 1 aromatic carbocycles. The van der Waals surface area contributed by atoms with Crippen molar-refractivity contribution in [2.24, 2.45) is 0 Å². The van der Waals surface area contributed by atoms with Gasteiger partial charge in [0.15, 0.2) is 5.37 Å². The van der Waals surface area contributed by atoms with Crippen molar-refractivity contribution in [3.63, 3.8) is 0 Å². The first-order valence-corrected chi connectivity index (χ1v) is 11.3. The Bertz CT molecular complexity index is 882. The first-order valence-electron chi connectivity index (χ1n) is 9.73. The number of imide groups is 1. The number of nitrogens with one attached hydrogen (secondary N) is 2. The van der Waals surface area contributed by atoms with E-state index < -0.39 is 33.2 Å². The van der Waals surface area contributed by atoms with Gasteiger partial charge in [0.05, 0.1) is 0 Å². The molecule has 9 heteroatoms. The fourth-order valence-electron chi connectivity index (χ4n) is 3.54. The Hall–Kier alpha value is -2.42. The number of amides is 4. The highest BCUT2D eigenvalue weighted by Gasteiger charge is 2.40. The molecule has 1 heterocycles. The van der Waals surface area contributed by atoms with Gasteiger partial charge in [-0.2, -0.15) is 0 Å². The number of sulfonamides is 1. The van der Waals surface area contributed by atoms with E-state index in [1.165, 1.54) is 0 Å². The largest absolute Gasteiger partial charge is 0.332 e. The quantitative estimate of drug-likeness (QED) is 0.755. The molecule has 1 aromatic rings. The first kappa shape index (κ1) is 22.9. The van der Waals surface area contributed by atoms with Crippen molar-refractivity contribution in [2.45, 2.75) is 71.1 Å². The van der Waals surface area contributed by atoms with Crippen LogP contribution in [0.5, 0.6) is 0 Å². The number of carbonyl (C=O) groups is 3. The zero-order valence-electron chi connectivity index (χ0n) is 17.5. The van der Waals surface area contributed by atoms with Crippen LogP contribution in [0.3, 0.4) is 0 Å². The van der Waals surface area contributed by atoms with Crippen LogP contribution in [0.2, 0.25) is 0 Å². The van der Waals surface area contributed by atoms with Gasteiger partial charge in [-0.1, -0.05) is 45.9 Å². The Morgan fingerprint density at radius 2 is 1.66 bits per heavy atom. The van der Waals surface area contributed by atoms with Gasteiger partial charge in [0.1, 0.15) is 0 Å². The lowest BCUT2D eigenvalue weighted by atomic mass is 9.93. The highest BCUT2D eigenvalue weighted by atomic mass is 32.2. The second kappa shape index (κ2) is 8.94. The average Bonchev–Trinajstić information content (AvgIpc) is 2.60. The van der Waals surface area contributed by atoms with E-state index in [2.05, 4.69) is 5.32 Å². The summed E-state index contributed by atoms with van der Waals surface area (Å²) in [6.45, 7) is 9.07. The van der Waals surface area contributed by atoms with Gasteiger partial charge in [-0.3, -0.25) is 14.5 Å². The molecule has 29 heavy (non-hydrogen) atoms. The molecule has 4 amide bonds. The Labute approximate surface area is 172 Å². The summed E-state index contributed by atoms with van der Waals surface area (Å²) in [6.07, 6.45) is 0.536. The number of para-hydroxylation sites is 1. The van der Waals surface area contributed by atoms with Crippen molar-refractivity contribution in [2.75, 3.05) is 5.32 Å². The second-order valence-corrected chi connectivity index (χ2v) is 9.69. The summed E-state index contributed by atoms with van der Waals surface area (Å²) in [5, 5.41) is 1.28. The lowest BCUT2D eigenvalue weighted by Crippen LogP contribution is -2.54. The zero-order valence-corrected chi connectivity index (χ0v) is 18.3. The Balaban J connectivity index is 2.29. The summed E-state index contributed by atoms with van der Waals surface area (Å²) in [7, 11) is -4.27. The monoisotopic (exact) mass is 423 g/mol. The molecule has 1 aliphatic rings. The Kier molecular flexibility index (Phi) is 7.05. The third kappa shape index (κ3) is 5.14. The van der Waals surface area contributed by atoms with Crippen molar-refractivity contribution in [1.29, 1.82) is 0 Å². The smallest absolute Gasteiger partial charge is 0.307 e. The number of nitrogens with zero attached hydrogens (tertiary/aromatic N) is 1. The fraction of sp³-hybridized carbons (Fsp3) is 0.550. The van der Waals surface area contributed by atoms with E-state index >= 15 is 0 Å². The van der Waals surface area contributed by atoms with Gasteiger partial charge in [0.2, 0.25) is 11.8 Å². The van der Waals surface area contributed by atoms with E-state index in [-0.39, 0.29) is 24.7 Å². The van der Waals surface area contributed by atoms with Crippen LogP contribution < -0.4 is 10.0 Å². The van der Waals surface area contributed by atoms with Gasteiger partial charge in [-0.15, -0.1) is 0 Å². The highest BCUT2D eigenvalue weighted by Crippen LogP contribution is 2.32. The van der Waals surface area contributed by atoms with Crippen LogP contribution >= 0.6 is 0 Å². The zero-order chi connectivity index (χ0) is 21.9. The number of urea groups is 1. The van der Waals surface area contributed by atoms with Crippen LogP contribution in [-0.4, -0.2) is 36.5 Å². The third-order valence-corrected chi connectivity index (χ3v) is 6.58. The molecule has 1 atom stereocenters. The molecule has 1 saturated heterocycles. The van der Waals surface area contributed by atoms with Crippen LogP contribution in [0, 0.1) is 0 Å². The molecular formula is C20H29N3O5S. The molecule has 1 fully saturated rings. The number of anilines is 1. The molecule has 2 rings (SSSR count). The summed E-state index contributed by atoms with van der Waals surface area (Å²) in [5.74, 6) is -0.973. The van der Waals surface area contributed by atoms with Gasteiger partial charge in [-0.25, -0.2) is 17.9 Å². The predicted molar refractivity (Wildman–Crippen MR) is 111 cm³/mol. The molecule has 0 radical (unpaired) electrons. The topological polar surface area (TPSA) is 113 Å². The van der Waals surface area contributed by atoms with Gasteiger partial charge in [0, 0.05) is 19.0 Å². The summed E-state index contributed by atoms with van der Waals surface area (Å²) in [4.78, 5) is 37.1. The standard InChI is InChI=1S/C20H29N3O5S/c1-12(2)15-8-6-9-16(13(3)4)19(15)21-20(26)22-29(27,28)18-11-7-10-17(25)23(18)14(5)24/h6,8-9,12-13,18H,7,10-11H2,1-5H3,(H2,21,22,26). The van der Waals surface area contributed by atoms with E-state index in [1.54, 1.807) is 0 Å².